The van der Waals surface area contributed by atoms with E-state index in [1.54, 1.807) is 6.20 Å². The summed E-state index contributed by atoms with van der Waals surface area (Å²) < 4.78 is 3.90. The van der Waals surface area contributed by atoms with Crippen LogP contribution in [0.5, 0.6) is 0 Å². The summed E-state index contributed by atoms with van der Waals surface area (Å²) in [4.78, 5) is 17.9. The minimum atomic E-state index is 0.0553. The highest BCUT2D eigenvalue weighted by Gasteiger charge is 2.16. The molecule has 0 aliphatic heterocycles. The van der Waals surface area contributed by atoms with Crippen LogP contribution in [-0.4, -0.2) is 25.9 Å². The Morgan fingerprint density at radius 2 is 1.91 bits per heavy atom. The second-order valence-corrected chi connectivity index (χ2v) is 8.74. The van der Waals surface area contributed by atoms with E-state index < -0.39 is 0 Å². The number of rotatable bonds is 7. The molecule has 0 saturated carbocycles. The molecule has 5 rings (SSSR count). The molecule has 0 atom stereocenters. The van der Waals surface area contributed by atoms with Crippen LogP contribution in [0.15, 0.2) is 53.5 Å². The number of hydrogen-bond donors (Lipinski definition) is 1. The zero-order valence-corrected chi connectivity index (χ0v) is 18.8. The highest BCUT2D eigenvalue weighted by molar-refractivity contribution is 5.82. The van der Waals surface area contributed by atoms with E-state index in [0.29, 0.717) is 13.1 Å². The van der Waals surface area contributed by atoms with Crippen LogP contribution in [0.25, 0.3) is 10.9 Å². The van der Waals surface area contributed by atoms with E-state index in [1.165, 1.54) is 17.5 Å². The van der Waals surface area contributed by atoms with E-state index in [-0.39, 0.29) is 5.56 Å². The van der Waals surface area contributed by atoms with Crippen LogP contribution in [0.1, 0.15) is 40.2 Å². The molecule has 3 aromatic heterocycles. The highest BCUT2D eigenvalue weighted by atomic mass is 16.1. The van der Waals surface area contributed by atoms with E-state index in [2.05, 4.69) is 46.6 Å². The molecule has 6 heteroatoms. The molecule has 1 aromatic carbocycles. The lowest BCUT2D eigenvalue weighted by Crippen LogP contribution is -2.29. The Hall–Kier alpha value is -3.25. The molecule has 164 valence electrons. The van der Waals surface area contributed by atoms with Crippen molar-refractivity contribution in [2.24, 2.45) is 0 Å². The van der Waals surface area contributed by atoms with Crippen molar-refractivity contribution in [1.82, 2.24) is 24.6 Å². The van der Waals surface area contributed by atoms with Gasteiger partial charge in [-0.25, -0.2) is 0 Å². The van der Waals surface area contributed by atoms with E-state index >= 15 is 0 Å². The molecule has 1 N–H and O–H groups in total. The van der Waals surface area contributed by atoms with Gasteiger partial charge in [-0.2, -0.15) is 5.10 Å². The summed E-state index contributed by atoms with van der Waals surface area (Å²) in [6.07, 6.45) is 5.20. The molecule has 0 saturated heterocycles. The summed E-state index contributed by atoms with van der Waals surface area (Å²) in [7, 11) is 0. The average Bonchev–Trinajstić information content (AvgIpc) is 3.38. The molecule has 3 heterocycles. The Labute approximate surface area is 187 Å². The third kappa shape index (κ3) is 4.10. The van der Waals surface area contributed by atoms with Gasteiger partial charge >= 0.3 is 0 Å². The van der Waals surface area contributed by atoms with Crippen molar-refractivity contribution in [2.45, 2.75) is 52.7 Å². The van der Waals surface area contributed by atoms with Crippen LogP contribution in [0, 0.1) is 13.8 Å². The van der Waals surface area contributed by atoms with Gasteiger partial charge in [0.15, 0.2) is 0 Å². The molecule has 0 spiro atoms. The molecule has 32 heavy (non-hydrogen) atoms. The van der Waals surface area contributed by atoms with Gasteiger partial charge in [0.05, 0.1) is 30.0 Å². The number of nitrogens with zero attached hydrogens (tertiary/aromatic N) is 4. The molecule has 0 radical (unpaired) electrons. The summed E-state index contributed by atoms with van der Waals surface area (Å²) in [6.45, 7) is 6.62. The maximum Gasteiger partial charge on any atom is 0.255 e. The first-order valence-electron chi connectivity index (χ1n) is 11.4. The number of aromatic nitrogens is 4. The van der Waals surface area contributed by atoms with Crippen LogP contribution in [-0.2, 0) is 32.5 Å². The molecule has 0 unspecified atom stereocenters. The van der Waals surface area contributed by atoms with Crippen molar-refractivity contribution in [3.8, 4) is 0 Å². The number of fused-ring (bicyclic) bond motifs is 2. The Morgan fingerprint density at radius 1 is 1.06 bits per heavy atom. The maximum absolute atomic E-state index is 13.5. The number of hydrogen-bond acceptors (Lipinski definition) is 4. The Morgan fingerprint density at radius 3 is 2.66 bits per heavy atom. The van der Waals surface area contributed by atoms with Gasteiger partial charge < -0.3 is 9.88 Å². The fraction of sp³-hybridized carbons (Fsp3) is 0.346. The van der Waals surface area contributed by atoms with Gasteiger partial charge in [0.1, 0.15) is 0 Å². The quantitative estimate of drug-likeness (QED) is 0.458. The van der Waals surface area contributed by atoms with Gasteiger partial charge in [0.25, 0.3) is 5.56 Å². The van der Waals surface area contributed by atoms with E-state index in [0.717, 1.165) is 59.5 Å². The monoisotopic (exact) mass is 427 g/mol. The fourth-order valence-electron chi connectivity index (χ4n) is 4.76. The van der Waals surface area contributed by atoms with E-state index in [9.17, 15) is 4.79 Å². The van der Waals surface area contributed by atoms with E-state index in [1.807, 2.05) is 34.4 Å². The number of nitrogens with one attached hydrogen (secondary N) is 1. The standard InChI is InChI=1S/C26H29N5O/c1-18-12-19(2)31(29-18)11-10-27-16-23-14-22-13-20-6-5-7-21(20)15-25(22)30(26(23)32)17-24-8-3-4-9-28-24/h3-4,8-9,12-15,27H,5-7,10-11,16-17H2,1-2H3. The van der Waals surface area contributed by atoms with Gasteiger partial charge in [-0.3, -0.25) is 14.5 Å². The summed E-state index contributed by atoms with van der Waals surface area (Å²) in [5.74, 6) is 0. The molecule has 1 aliphatic rings. The topological polar surface area (TPSA) is 64.7 Å². The summed E-state index contributed by atoms with van der Waals surface area (Å²) in [5, 5.41) is 9.09. The first kappa shape index (κ1) is 20.6. The van der Waals surface area contributed by atoms with Gasteiger partial charge in [0, 0.05) is 30.5 Å². The van der Waals surface area contributed by atoms with Crippen LogP contribution in [0.4, 0.5) is 0 Å². The van der Waals surface area contributed by atoms with Gasteiger partial charge in [-0.1, -0.05) is 6.07 Å². The lowest BCUT2D eigenvalue weighted by atomic mass is 10.0. The van der Waals surface area contributed by atoms with Crippen molar-refractivity contribution >= 4 is 10.9 Å². The Bertz CT molecular complexity index is 1320. The molecule has 1 aliphatic carbocycles. The predicted molar refractivity (Wildman–Crippen MR) is 127 cm³/mol. The molecule has 0 amide bonds. The van der Waals surface area contributed by atoms with Crippen molar-refractivity contribution in [1.29, 1.82) is 0 Å². The first-order chi connectivity index (χ1) is 15.6. The fourth-order valence-corrected chi connectivity index (χ4v) is 4.76. The summed E-state index contributed by atoms with van der Waals surface area (Å²) >= 11 is 0. The zero-order valence-electron chi connectivity index (χ0n) is 18.8. The third-order valence-electron chi connectivity index (χ3n) is 6.35. The number of aryl methyl sites for hydroxylation is 4. The molecular weight excluding hydrogens is 398 g/mol. The smallest absolute Gasteiger partial charge is 0.255 e. The molecule has 4 aromatic rings. The predicted octanol–water partition coefficient (Wildman–Crippen LogP) is 3.54. The highest BCUT2D eigenvalue weighted by Crippen LogP contribution is 2.27. The van der Waals surface area contributed by atoms with Gasteiger partial charge in [-0.15, -0.1) is 0 Å². The average molecular weight is 428 g/mol. The normalized spacial score (nSPS) is 13.1. The first-order valence-corrected chi connectivity index (χ1v) is 11.4. The molecule has 0 fully saturated rings. The van der Waals surface area contributed by atoms with Crippen molar-refractivity contribution in [3.63, 3.8) is 0 Å². The zero-order chi connectivity index (χ0) is 22.1. The SMILES string of the molecule is Cc1cc(C)n(CCNCc2cc3cc4c(cc3n(Cc3ccccn3)c2=O)CCC4)n1. The number of benzene rings is 1. The summed E-state index contributed by atoms with van der Waals surface area (Å²) in [6, 6.07) is 14.5. The summed E-state index contributed by atoms with van der Waals surface area (Å²) in [5.41, 5.74) is 7.73. The van der Waals surface area contributed by atoms with Crippen LogP contribution >= 0.6 is 0 Å². The largest absolute Gasteiger partial charge is 0.311 e. The van der Waals surface area contributed by atoms with Crippen LogP contribution in [0.2, 0.25) is 0 Å². The molecular formula is C26H29N5O. The van der Waals surface area contributed by atoms with Gasteiger partial charge in [0.2, 0.25) is 0 Å². The van der Waals surface area contributed by atoms with Gasteiger partial charge in [-0.05, 0) is 86.0 Å². The molecule has 0 bridgehead atoms. The van der Waals surface area contributed by atoms with Crippen molar-refractivity contribution in [2.75, 3.05) is 6.54 Å². The van der Waals surface area contributed by atoms with E-state index in [4.69, 9.17) is 0 Å². The van der Waals surface area contributed by atoms with Crippen LogP contribution < -0.4 is 10.9 Å². The Kier molecular flexibility index (Phi) is 5.62. The third-order valence-corrected chi connectivity index (χ3v) is 6.35. The lowest BCUT2D eigenvalue weighted by Gasteiger charge is -2.15. The second-order valence-electron chi connectivity index (χ2n) is 8.74. The van der Waals surface area contributed by atoms with Crippen LogP contribution in [0.3, 0.4) is 0 Å². The maximum atomic E-state index is 13.5. The molecule has 6 nitrogen and oxygen atoms in total. The van der Waals surface area contributed by atoms with Crippen molar-refractivity contribution in [3.05, 3.63) is 92.8 Å². The Balaban J connectivity index is 1.44. The second kappa shape index (κ2) is 8.71. The lowest BCUT2D eigenvalue weighted by molar-refractivity contribution is 0.540. The number of pyridine rings is 2. The minimum Gasteiger partial charge on any atom is -0.311 e. The minimum absolute atomic E-state index is 0.0553. The van der Waals surface area contributed by atoms with Crippen molar-refractivity contribution < 1.29 is 0 Å².